The Balaban J connectivity index is 1.67. The summed E-state index contributed by atoms with van der Waals surface area (Å²) in [5.41, 5.74) is 2.44. The molecule has 0 spiro atoms. The molecule has 0 atom stereocenters. The van der Waals surface area contributed by atoms with Crippen molar-refractivity contribution >= 4 is 34.8 Å². The third-order valence-corrected chi connectivity index (χ3v) is 4.65. The Bertz CT molecular complexity index is 891. The summed E-state index contributed by atoms with van der Waals surface area (Å²) < 4.78 is 10.4. The highest BCUT2D eigenvalue weighted by Crippen LogP contribution is 2.36. The Kier molecular flexibility index (Phi) is 5.37. The highest BCUT2D eigenvalue weighted by molar-refractivity contribution is 6.32. The molecule has 0 bridgehead atoms. The molecule has 0 radical (unpaired) electrons. The Morgan fingerprint density at radius 1 is 1.15 bits per heavy atom. The summed E-state index contributed by atoms with van der Waals surface area (Å²) in [4.78, 5) is 26.4. The lowest BCUT2D eigenvalue weighted by molar-refractivity contribution is -0.116. The van der Waals surface area contributed by atoms with E-state index in [9.17, 15) is 9.59 Å². The molecule has 1 aliphatic rings. The smallest absolute Gasteiger partial charge is 0.258 e. The summed E-state index contributed by atoms with van der Waals surface area (Å²) in [5, 5.41) is 3.11. The Hall–Kier alpha value is -2.99. The summed E-state index contributed by atoms with van der Waals surface area (Å²) in [7, 11) is 2.99. The number of nitrogens with one attached hydrogen (secondary N) is 1. The van der Waals surface area contributed by atoms with Gasteiger partial charge in [0, 0.05) is 35.9 Å². The van der Waals surface area contributed by atoms with Crippen molar-refractivity contribution in [1.29, 1.82) is 0 Å². The van der Waals surface area contributed by atoms with Crippen LogP contribution in [0, 0.1) is 0 Å². The molecule has 0 fully saturated rings. The molecule has 6 nitrogen and oxygen atoms in total. The fourth-order valence-corrected chi connectivity index (χ4v) is 3.20. The number of carbonyl (C=O) groups is 2. The van der Waals surface area contributed by atoms with Crippen LogP contribution in [-0.2, 0) is 4.79 Å². The molecule has 0 unspecified atom stereocenters. The van der Waals surface area contributed by atoms with E-state index < -0.39 is 0 Å². The third-order valence-electron chi connectivity index (χ3n) is 4.35. The predicted molar refractivity (Wildman–Crippen MR) is 104 cm³/mol. The first kappa shape index (κ1) is 18.8. The van der Waals surface area contributed by atoms with Crippen molar-refractivity contribution in [2.75, 3.05) is 26.1 Å². The summed E-state index contributed by atoms with van der Waals surface area (Å²) in [6.07, 6.45) is 0.103. The van der Waals surface area contributed by atoms with Gasteiger partial charge in [-0.2, -0.15) is 0 Å². The number of fused-ring (bicyclic) bond motifs is 1. The minimum Gasteiger partial charge on any atom is -0.495 e. The molecule has 3 rings (SSSR count). The standard InChI is InChI=1S/C20H19ClN2O4/c1-12-13-6-4-5-7-14(13)20(25)23(12)9-8-19(24)22-16-10-15(21)17(26-2)11-18(16)27-3/h4-7,10-11H,1,8-9H2,2-3H3,(H,22,24). The molecule has 0 aliphatic carbocycles. The zero-order valence-electron chi connectivity index (χ0n) is 15.0. The average molecular weight is 387 g/mol. The molecule has 7 heteroatoms. The van der Waals surface area contributed by atoms with Crippen LogP contribution in [0.1, 0.15) is 22.3 Å². The second kappa shape index (κ2) is 7.72. The van der Waals surface area contributed by atoms with Gasteiger partial charge in [0.1, 0.15) is 11.5 Å². The van der Waals surface area contributed by atoms with Crippen molar-refractivity contribution in [3.05, 3.63) is 59.1 Å². The van der Waals surface area contributed by atoms with Gasteiger partial charge in [0.05, 0.1) is 24.9 Å². The first-order chi connectivity index (χ1) is 13.0. The molecule has 1 heterocycles. The molecular weight excluding hydrogens is 368 g/mol. The number of rotatable bonds is 6. The Labute approximate surface area is 162 Å². The number of methoxy groups -OCH3 is 2. The van der Waals surface area contributed by atoms with Gasteiger partial charge in [0.15, 0.2) is 0 Å². The van der Waals surface area contributed by atoms with Crippen LogP contribution in [0.3, 0.4) is 0 Å². The van der Waals surface area contributed by atoms with Crippen LogP contribution in [0.5, 0.6) is 11.5 Å². The molecule has 140 valence electrons. The number of halogens is 1. The highest BCUT2D eigenvalue weighted by atomic mass is 35.5. The first-order valence-corrected chi connectivity index (χ1v) is 8.65. The van der Waals surface area contributed by atoms with Crippen LogP contribution in [0.25, 0.3) is 5.70 Å². The lowest BCUT2D eigenvalue weighted by atomic mass is 10.1. The molecule has 0 aromatic heterocycles. The van der Waals surface area contributed by atoms with Crippen LogP contribution in [0.15, 0.2) is 43.0 Å². The van der Waals surface area contributed by atoms with Crippen LogP contribution in [0.4, 0.5) is 5.69 Å². The van der Waals surface area contributed by atoms with Gasteiger partial charge in [-0.05, 0) is 12.1 Å². The topological polar surface area (TPSA) is 67.9 Å². The normalized spacial score (nSPS) is 12.8. The molecule has 0 saturated carbocycles. The minimum absolute atomic E-state index is 0.103. The lowest BCUT2D eigenvalue weighted by Crippen LogP contribution is -2.27. The van der Waals surface area contributed by atoms with Crippen LogP contribution >= 0.6 is 11.6 Å². The average Bonchev–Trinajstić information content (AvgIpc) is 2.91. The van der Waals surface area contributed by atoms with Gasteiger partial charge in [-0.3, -0.25) is 9.59 Å². The van der Waals surface area contributed by atoms with Crippen molar-refractivity contribution in [1.82, 2.24) is 4.90 Å². The van der Waals surface area contributed by atoms with E-state index in [0.717, 1.165) is 5.56 Å². The largest absolute Gasteiger partial charge is 0.495 e. The van der Waals surface area contributed by atoms with Gasteiger partial charge in [-0.1, -0.05) is 36.4 Å². The summed E-state index contributed by atoms with van der Waals surface area (Å²) >= 11 is 6.12. The zero-order valence-corrected chi connectivity index (χ0v) is 15.8. The van der Waals surface area contributed by atoms with E-state index in [1.54, 1.807) is 24.3 Å². The van der Waals surface area contributed by atoms with Crippen LogP contribution in [-0.4, -0.2) is 37.5 Å². The molecule has 1 N–H and O–H groups in total. The third kappa shape index (κ3) is 3.61. The number of amides is 2. The van der Waals surface area contributed by atoms with Crippen molar-refractivity contribution < 1.29 is 19.1 Å². The van der Waals surface area contributed by atoms with Crippen LogP contribution < -0.4 is 14.8 Å². The van der Waals surface area contributed by atoms with E-state index >= 15 is 0 Å². The van der Waals surface area contributed by atoms with Crippen molar-refractivity contribution in [2.45, 2.75) is 6.42 Å². The van der Waals surface area contributed by atoms with Gasteiger partial charge in [0.2, 0.25) is 5.91 Å². The van der Waals surface area contributed by atoms with Gasteiger partial charge < -0.3 is 19.7 Å². The first-order valence-electron chi connectivity index (χ1n) is 8.27. The van der Waals surface area contributed by atoms with E-state index in [4.69, 9.17) is 21.1 Å². The molecule has 1 aliphatic heterocycles. The second-order valence-electron chi connectivity index (χ2n) is 5.93. The zero-order chi connectivity index (χ0) is 19.6. The molecular formula is C20H19ClN2O4. The Morgan fingerprint density at radius 2 is 1.81 bits per heavy atom. The van der Waals surface area contributed by atoms with Gasteiger partial charge in [0.25, 0.3) is 5.91 Å². The van der Waals surface area contributed by atoms with Gasteiger partial charge >= 0.3 is 0 Å². The van der Waals surface area contributed by atoms with Gasteiger partial charge in [-0.25, -0.2) is 0 Å². The number of benzene rings is 2. The fraction of sp³-hybridized carbons (Fsp3) is 0.200. The molecule has 2 aromatic rings. The van der Waals surface area contributed by atoms with E-state index in [-0.39, 0.29) is 24.8 Å². The van der Waals surface area contributed by atoms with Crippen molar-refractivity contribution in [3.8, 4) is 11.5 Å². The number of ether oxygens (including phenoxy) is 2. The summed E-state index contributed by atoms with van der Waals surface area (Å²) in [6.45, 7) is 4.20. The second-order valence-corrected chi connectivity index (χ2v) is 6.34. The number of anilines is 1. The summed E-state index contributed by atoms with van der Waals surface area (Å²) in [5.74, 6) is 0.460. The quantitative estimate of drug-likeness (QED) is 0.819. The summed E-state index contributed by atoms with van der Waals surface area (Å²) in [6, 6.07) is 10.4. The fourth-order valence-electron chi connectivity index (χ4n) is 2.95. The SMILES string of the molecule is C=C1c2ccccc2C(=O)N1CCC(=O)Nc1cc(Cl)c(OC)cc1OC. The predicted octanol–water partition coefficient (Wildman–Crippen LogP) is 3.81. The maximum absolute atomic E-state index is 12.5. The number of nitrogens with zero attached hydrogens (tertiary/aromatic N) is 1. The molecule has 2 aromatic carbocycles. The van der Waals surface area contributed by atoms with Crippen molar-refractivity contribution in [2.24, 2.45) is 0 Å². The van der Waals surface area contributed by atoms with E-state index in [0.29, 0.717) is 33.5 Å². The monoisotopic (exact) mass is 386 g/mol. The highest BCUT2D eigenvalue weighted by Gasteiger charge is 2.30. The lowest BCUT2D eigenvalue weighted by Gasteiger charge is -2.18. The van der Waals surface area contributed by atoms with Crippen molar-refractivity contribution in [3.63, 3.8) is 0 Å². The maximum atomic E-state index is 12.5. The molecule has 27 heavy (non-hydrogen) atoms. The van der Waals surface area contributed by atoms with E-state index in [2.05, 4.69) is 11.9 Å². The maximum Gasteiger partial charge on any atom is 0.258 e. The number of hydrogen-bond donors (Lipinski definition) is 1. The van der Waals surface area contributed by atoms with E-state index in [1.807, 2.05) is 12.1 Å². The number of hydrogen-bond acceptors (Lipinski definition) is 4. The molecule has 2 amide bonds. The van der Waals surface area contributed by atoms with Crippen LogP contribution in [0.2, 0.25) is 5.02 Å². The minimum atomic E-state index is -0.272. The van der Waals surface area contributed by atoms with E-state index in [1.165, 1.54) is 19.1 Å². The Morgan fingerprint density at radius 3 is 2.44 bits per heavy atom. The molecule has 0 saturated heterocycles. The number of carbonyl (C=O) groups excluding carboxylic acids is 2. The van der Waals surface area contributed by atoms with Gasteiger partial charge in [-0.15, -0.1) is 0 Å².